The monoisotopic (exact) mass is 276 g/mol. The summed E-state index contributed by atoms with van der Waals surface area (Å²) < 4.78 is 5.58. The number of rotatable bonds is 7. The highest BCUT2D eigenvalue weighted by Crippen LogP contribution is 2.33. The molecule has 1 fully saturated rings. The Labute approximate surface area is 123 Å². The van der Waals surface area contributed by atoms with Gasteiger partial charge in [-0.25, -0.2) is 0 Å². The largest absolute Gasteiger partial charge is 0.496 e. The topological polar surface area (TPSA) is 24.5 Å². The highest BCUT2D eigenvalue weighted by atomic mass is 16.5. The third-order valence-corrected chi connectivity index (χ3v) is 4.17. The zero-order chi connectivity index (χ0) is 14.2. The maximum absolute atomic E-state index is 5.58. The summed E-state index contributed by atoms with van der Waals surface area (Å²) in [6.45, 7) is 6.73. The van der Waals surface area contributed by atoms with Crippen LogP contribution in [0.25, 0.3) is 0 Å². The van der Waals surface area contributed by atoms with Gasteiger partial charge in [-0.3, -0.25) is 4.90 Å². The van der Waals surface area contributed by atoms with E-state index in [1.165, 1.54) is 31.2 Å². The molecule has 0 aromatic heterocycles. The lowest BCUT2D eigenvalue weighted by Gasteiger charge is -2.36. The second-order valence-electron chi connectivity index (χ2n) is 5.54. The van der Waals surface area contributed by atoms with Gasteiger partial charge in [-0.15, -0.1) is 0 Å². The van der Waals surface area contributed by atoms with E-state index in [2.05, 4.69) is 41.4 Å². The van der Waals surface area contributed by atoms with Crippen molar-refractivity contribution in [3.8, 4) is 5.75 Å². The molecule has 1 N–H and O–H groups in total. The quantitative estimate of drug-likeness (QED) is 0.774. The van der Waals surface area contributed by atoms with E-state index in [1.807, 2.05) is 0 Å². The molecular formula is C17H28N2O. The normalized spacial score (nSPS) is 17.9. The lowest BCUT2D eigenvalue weighted by Crippen LogP contribution is -2.45. The zero-order valence-electron chi connectivity index (χ0n) is 12.9. The fourth-order valence-electron chi connectivity index (χ4n) is 3.06. The van der Waals surface area contributed by atoms with Gasteiger partial charge in [0.15, 0.2) is 0 Å². The Morgan fingerprint density at radius 3 is 2.65 bits per heavy atom. The van der Waals surface area contributed by atoms with Gasteiger partial charge in [-0.1, -0.05) is 44.4 Å². The minimum absolute atomic E-state index is 0.500. The third kappa shape index (κ3) is 3.97. The third-order valence-electron chi connectivity index (χ3n) is 4.17. The number of benzene rings is 1. The van der Waals surface area contributed by atoms with E-state index in [-0.39, 0.29) is 0 Å². The zero-order valence-corrected chi connectivity index (χ0v) is 12.9. The summed E-state index contributed by atoms with van der Waals surface area (Å²) in [5.41, 5.74) is 1.35. The van der Waals surface area contributed by atoms with Crippen LogP contribution < -0.4 is 10.1 Å². The number of piperazine rings is 1. The molecule has 3 heteroatoms. The fourth-order valence-corrected chi connectivity index (χ4v) is 3.06. The van der Waals surface area contributed by atoms with Crippen LogP contribution in [-0.2, 0) is 0 Å². The fraction of sp³-hybridized carbons (Fsp3) is 0.647. The van der Waals surface area contributed by atoms with Gasteiger partial charge in [0.05, 0.1) is 7.11 Å². The number of methoxy groups -OCH3 is 1. The highest BCUT2D eigenvalue weighted by molar-refractivity contribution is 5.36. The number of para-hydroxylation sites is 1. The molecule has 0 spiro atoms. The molecule has 1 aliphatic rings. The molecule has 1 saturated heterocycles. The van der Waals surface area contributed by atoms with E-state index >= 15 is 0 Å². The molecule has 1 aliphatic heterocycles. The lowest BCUT2D eigenvalue weighted by atomic mass is 9.97. The molecular weight excluding hydrogens is 248 g/mol. The highest BCUT2D eigenvalue weighted by Gasteiger charge is 2.24. The first kappa shape index (κ1) is 15.3. The van der Waals surface area contributed by atoms with Crippen LogP contribution in [0.5, 0.6) is 5.75 Å². The van der Waals surface area contributed by atoms with E-state index in [1.54, 1.807) is 7.11 Å². The van der Waals surface area contributed by atoms with Crippen LogP contribution in [0, 0.1) is 0 Å². The average Bonchev–Trinajstić information content (AvgIpc) is 2.52. The predicted octanol–water partition coefficient (Wildman–Crippen LogP) is 3.22. The van der Waals surface area contributed by atoms with Crippen LogP contribution >= 0.6 is 0 Å². The molecule has 0 bridgehead atoms. The van der Waals surface area contributed by atoms with Crippen molar-refractivity contribution >= 4 is 0 Å². The summed E-state index contributed by atoms with van der Waals surface area (Å²) in [6.07, 6.45) is 5.12. The minimum Gasteiger partial charge on any atom is -0.496 e. The van der Waals surface area contributed by atoms with E-state index < -0.39 is 0 Å². The predicted molar refractivity (Wildman–Crippen MR) is 84.3 cm³/mol. The van der Waals surface area contributed by atoms with Crippen molar-refractivity contribution in [1.29, 1.82) is 0 Å². The van der Waals surface area contributed by atoms with Gasteiger partial charge in [-0.2, -0.15) is 0 Å². The minimum atomic E-state index is 0.500. The van der Waals surface area contributed by atoms with Crippen LogP contribution in [0.1, 0.15) is 44.2 Å². The molecule has 1 heterocycles. The maximum atomic E-state index is 5.58. The Bertz CT molecular complexity index is 388. The summed E-state index contributed by atoms with van der Waals surface area (Å²) >= 11 is 0. The Hall–Kier alpha value is -1.06. The van der Waals surface area contributed by atoms with Crippen LogP contribution in [-0.4, -0.2) is 38.2 Å². The summed E-state index contributed by atoms with van der Waals surface area (Å²) in [5.74, 6) is 1.03. The molecule has 20 heavy (non-hydrogen) atoms. The molecule has 2 rings (SSSR count). The first-order chi connectivity index (χ1) is 9.86. The van der Waals surface area contributed by atoms with Crippen molar-refractivity contribution < 1.29 is 4.74 Å². The van der Waals surface area contributed by atoms with Gasteiger partial charge in [-0.05, 0) is 12.5 Å². The maximum Gasteiger partial charge on any atom is 0.123 e. The second kappa shape index (κ2) is 8.28. The molecule has 0 amide bonds. The van der Waals surface area contributed by atoms with Gasteiger partial charge < -0.3 is 10.1 Å². The SMILES string of the molecule is CCCCC[C@@H](c1ccccc1OC)N1CCNCC1. The van der Waals surface area contributed by atoms with Crippen molar-refractivity contribution in [2.24, 2.45) is 0 Å². The molecule has 1 aromatic rings. The van der Waals surface area contributed by atoms with Gasteiger partial charge >= 0.3 is 0 Å². The van der Waals surface area contributed by atoms with E-state index in [0.29, 0.717) is 6.04 Å². The Morgan fingerprint density at radius 1 is 1.20 bits per heavy atom. The molecule has 0 aliphatic carbocycles. The lowest BCUT2D eigenvalue weighted by molar-refractivity contribution is 0.160. The van der Waals surface area contributed by atoms with Crippen molar-refractivity contribution in [2.75, 3.05) is 33.3 Å². The standard InChI is InChI=1S/C17H28N2O/c1-3-4-5-9-16(19-13-11-18-12-14-19)15-8-6-7-10-17(15)20-2/h6-8,10,16,18H,3-5,9,11-14H2,1-2H3/t16-/m0/s1. The molecule has 1 atom stereocenters. The number of hydrogen-bond acceptors (Lipinski definition) is 3. The Balaban J connectivity index is 2.15. The second-order valence-corrected chi connectivity index (χ2v) is 5.54. The van der Waals surface area contributed by atoms with Gasteiger partial charge in [0.1, 0.15) is 5.75 Å². The average molecular weight is 276 g/mol. The van der Waals surface area contributed by atoms with E-state index in [9.17, 15) is 0 Å². The van der Waals surface area contributed by atoms with Gasteiger partial charge in [0.2, 0.25) is 0 Å². The van der Waals surface area contributed by atoms with E-state index in [0.717, 1.165) is 31.9 Å². The molecule has 1 aromatic carbocycles. The summed E-state index contributed by atoms with van der Waals surface area (Å²) in [7, 11) is 1.78. The smallest absolute Gasteiger partial charge is 0.123 e. The van der Waals surface area contributed by atoms with E-state index in [4.69, 9.17) is 4.74 Å². The van der Waals surface area contributed by atoms with Crippen molar-refractivity contribution in [2.45, 2.75) is 38.6 Å². The number of ether oxygens (including phenoxy) is 1. The van der Waals surface area contributed by atoms with Gasteiger partial charge in [0, 0.05) is 37.8 Å². The summed E-state index contributed by atoms with van der Waals surface area (Å²) in [4.78, 5) is 2.62. The first-order valence-electron chi connectivity index (χ1n) is 7.94. The number of unbranched alkanes of at least 4 members (excludes halogenated alkanes) is 2. The molecule has 0 radical (unpaired) electrons. The van der Waals surface area contributed by atoms with Crippen LogP contribution in [0.2, 0.25) is 0 Å². The molecule has 112 valence electrons. The van der Waals surface area contributed by atoms with Crippen molar-refractivity contribution in [1.82, 2.24) is 10.2 Å². The number of hydrogen-bond donors (Lipinski definition) is 1. The Morgan fingerprint density at radius 2 is 1.95 bits per heavy atom. The molecule has 0 saturated carbocycles. The summed E-state index contributed by atoms with van der Waals surface area (Å²) in [6, 6.07) is 9.01. The van der Waals surface area contributed by atoms with Gasteiger partial charge in [0.25, 0.3) is 0 Å². The van der Waals surface area contributed by atoms with Crippen molar-refractivity contribution in [3.05, 3.63) is 29.8 Å². The molecule has 3 nitrogen and oxygen atoms in total. The summed E-state index contributed by atoms with van der Waals surface area (Å²) in [5, 5.41) is 3.44. The van der Waals surface area contributed by atoms with Crippen LogP contribution in [0.15, 0.2) is 24.3 Å². The number of nitrogens with one attached hydrogen (secondary N) is 1. The van der Waals surface area contributed by atoms with Crippen LogP contribution in [0.3, 0.4) is 0 Å². The number of nitrogens with zero attached hydrogens (tertiary/aromatic N) is 1. The van der Waals surface area contributed by atoms with Crippen LogP contribution in [0.4, 0.5) is 0 Å². The molecule has 0 unspecified atom stereocenters. The Kier molecular flexibility index (Phi) is 6.34. The van der Waals surface area contributed by atoms with Crippen molar-refractivity contribution in [3.63, 3.8) is 0 Å². The first-order valence-corrected chi connectivity index (χ1v) is 7.94.